The van der Waals surface area contributed by atoms with Crippen LogP contribution in [-0.2, 0) is 4.79 Å². The minimum Gasteiger partial charge on any atom is -0.482 e. The molecule has 0 spiro atoms. The maximum atomic E-state index is 12.7. The van der Waals surface area contributed by atoms with Crippen molar-refractivity contribution in [3.63, 3.8) is 0 Å². The molecule has 1 heterocycles. The van der Waals surface area contributed by atoms with Crippen LogP contribution in [0.4, 0.5) is 5.69 Å². The molecule has 0 N–H and O–H groups in total. The fraction of sp³-hybridized carbons (Fsp3) is 0.0833. The van der Waals surface area contributed by atoms with E-state index in [1.165, 1.54) is 10.7 Å². The SMILES string of the molecule is Cc1nn(-c2ccccc2)c(OC(=O)COc2ccccc2)c1Sc1ccccc1[N+](=O)[O-]. The van der Waals surface area contributed by atoms with Crippen molar-refractivity contribution >= 4 is 23.4 Å². The van der Waals surface area contributed by atoms with Gasteiger partial charge in [-0.15, -0.1) is 0 Å². The van der Waals surface area contributed by atoms with Crippen molar-refractivity contribution in [2.45, 2.75) is 16.7 Å². The Morgan fingerprint density at radius 2 is 1.64 bits per heavy atom. The van der Waals surface area contributed by atoms with Crippen LogP contribution in [0.5, 0.6) is 11.6 Å². The van der Waals surface area contributed by atoms with Crippen molar-refractivity contribution in [3.8, 4) is 17.3 Å². The molecule has 1 aromatic heterocycles. The van der Waals surface area contributed by atoms with Crippen LogP contribution in [0.1, 0.15) is 5.69 Å². The number of ether oxygens (including phenoxy) is 2. The highest BCUT2D eigenvalue weighted by atomic mass is 32.2. The quantitative estimate of drug-likeness (QED) is 0.201. The van der Waals surface area contributed by atoms with Crippen LogP contribution in [0.2, 0.25) is 0 Å². The molecule has 0 aliphatic heterocycles. The molecule has 0 saturated heterocycles. The summed E-state index contributed by atoms with van der Waals surface area (Å²) in [4.78, 5) is 24.6. The van der Waals surface area contributed by atoms with Crippen molar-refractivity contribution in [2.75, 3.05) is 6.61 Å². The lowest BCUT2D eigenvalue weighted by Gasteiger charge is -2.11. The number of benzene rings is 3. The summed E-state index contributed by atoms with van der Waals surface area (Å²) in [5.74, 6) is 0.0839. The molecule has 166 valence electrons. The van der Waals surface area contributed by atoms with Gasteiger partial charge in [0, 0.05) is 6.07 Å². The van der Waals surface area contributed by atoms with Crippen LogP contribution in [0, 0.1) is 17.0 Å². The second-order valence-corrected chi connectivity index (χ2v) is 7.92. The number of hydrogen-bond acceptors (Lipinski definition) is 7. The Morgan fingerprint density at radius 1 is 1.00 bits per heavy atom. The molecule has 4 rings (SSSR count). The van der Waals surface area contributed by atoms with Gasteiger partial charge in [-0.05, 0) is 37.3 Å². The van der Waals surface area contributed by atoms with Crippen LogP contribution >= 0.6 is 11.8 Å². The molecule has 33 heavy (non-hydrogen) atoms. The molecule has 0 fully saturated rings. The summed E-state index contributed by atoms with van der Waals surface area (Å²) in [7, 11) is 0. The highest BCUT2D eigenvalue weighted by Gasteiger charge is 2.25. The molecule has 0 saturated carbocycles. The highest BCUT2D eigenvalue weighted by molar-refractivity contribution is 7.99. The molecule has 8 nitrogen and oxygen atoms in total. The van der Waals surface area contributed by atoms with E-state index in [4.69, 9.17) is 9.47 Å². The minimum absolute atomic E-state index is 0.0425. The number of aromatic nitrogens is 2. The largest absolute Gasteiger partial charge is 0.482 e. The second-order valence-electron chi connectivity index (χ2n) is 6.87. The van der Waals surface area contributed by atoms with E-state index >= 15 is 0 Å². The Kier molecular flexibility index (Phi) is 6.70. The molecular weight excluding hydrogens is 442 g/mol. The van der Waals surface area contributed by atoms with Gasteiger partial charge in [-0.1, -0.05) is 60.3 Å². The zero-order valence-electron chi connectivity index (χ0n) is 17.6. The molecule has 0 aliphatic carbocycles. The summed E-state index contributed by atoms with van der Waals surface area (Å²) < 4.78 is 12.7. The normalized spacial score (nSPS) is 10.6. The first-order valence-corrected chi connectivity index (χ1v) is 10.8. The summed E-state index contributed by atoms with van der Waals surface area (Å²) in [5, 5.41) is 16.0. The van der Waals surface area contributed by atoms with Crippen molar-refractivity contribution < 1.29 is 19.2 Å². The molecule has 9 heteroatoms. The number of para-hydroxylation sites is 3. The van der Waals surface area contributed by atoms with Crippen LogP contribution in [0.25, 0.3) is 5.69 Å². The second kappa shape index (κ2) is 10.0. The summed E-state index contributed by atoms with van der Waals surface area (Å²) >= 11 is 1.12. The predicted octanol–water partition coefficient (Wildman–Crippen LogP) is 5.22. The van der Waals surface area contributed by atoms with E-state index in [-0.39, 0.29) is 18.2 Å². The number of rotatable bonds is 8. The van der Waals surface area contributed by atoms with Crippen molar-refractivity contribution in [1.29, 1.82) is 0 Å². The fourth-order valence-electron chi connectivity index (χ4n) is 3.04. The van der Waals surface area contributed by atoms with Gasteiger partial charge in [0.15, 0.2) is 6.61 Å². The third-order valence-electron chi connectivity index (χ3n) is 4.55. The van der Waals surface area contributed by atoms with E-state index in [2.05, 4.69) is 5.10 Å². The molecule has 3 aromatic carbocycles. The number of carbonyl (C=O) groups excluding carboxylic acids is 1. The third-order valence-corrected chi connectivity index (χ3v) is 5.79. The Balaban J connectivity index is 1.67. The number of nitro benzene ring substituents is 1. The molecule has 0 bridgehead atoms. The number of carbonyl (C=O) groups is 1. The minimum atomic E-state index is -0.625. The maximum absolute atomic E-state index is 12.7. The zero-order chi connectivity index (χ0) is 23.2. The predicted molar refractivity (Wildman–Crippen MR) is 123 cm³/mol. The van der Waals surface area contributed by atoms with Gasteiger partial charge >= 0.3 is 5.97 Å². The van der Waals surface area contributed by atoms with E-state index < -0.39 is 10.9 Å². The van der Waals surface area contributed by atoms with E-state index in [0.717, 1.165) is 11.8 Å². The Labute approximate surface area is 193 Å². The van der Waals surface area contributed by atoms with Crippen LogP contribution in [0.3, 0.4) is 0 Å². The lowest BCUT2D eigenvalue weighted by molar-refractivity contribution is -0.387. The van der Waals surface area contributed by atoms with Gasteiger partial charge in [-0.25, -0.2) is 4.79 Å². The Bertz CT molecular complexity index is 1280. The Morgan fingerprint density at radius 3 is 2.33 bits per heavy atom. The van der Waals surface area contributed by atoms with Gasteiger partial charge in [0.2, 0.25) is 5.88 Å². The number of nitrogens with zero attached hydrogens (tertiary/aromatic N) is 3. The molecular formula is C24H19N3O5S. The fourth-order valence-corrected chi connectivity index (χ4v) is 4.06. The standard InChI is InChI=1S/C24H19N3O5S/c1-17-23(33-21-15-9-8-14-20(21)27(29)30)24(26(25-17)18-10-4-2-5-11-18)32-22(28)16-31-19-12-6-3-7-13-19/h2-15H,16H2,1H3. The summed E-state index contributed by atoms with van der Waals surface area (Å²) in [6.07, 6.45) is 0. The van der Waals surface area contributed by atoms with E-state index in [1.54, 1.807) is 49.4 Å². The number of hydrogen-bond donors (Lipinski definition) is 0. The highest BCUT2D eigenvalue weighted by Crippen LogP contribution is 2.42. The van der Waals surface area contributed by atoms with Crippen molar-refractivity contribution in [3.05, 3.63) is 101 Å². The van der Waals surface area contributed by atoms with Crippen LogP contribution < -0.4 is 9.47 Å². The van der Waals surface area contributed by atoms with E-state index in [9.17, 15) is 14.9 Å². The van der Waals surface area contributed by atoms with E-state index in [0.29, 0.717) is 26.9 Å². The zero-order valence-corrected chi connectivity index (χ0v) is 18.4. The van der Waals surface area contributed by atoms with E-state index in [1.807, 2.05) is 36.4 Å². The number of aryl methyl sites for hydroxylation is 1. The van der Waals surface area contributed by atoms with Crippen LogP contribution in [-0.4, -0.2) is 27.3 Å². The monoisotopic (exact) mass is 461 g/mol. The average molecular weight is 461 g/mol. The molecule has 0 aliphatic rings. The topological polar surface area (TPSA) is 96.5 Å². The van der Waals surface area contributed by atoms with Gasteiger partial charge in [-0.3, -0.25) is 10.1 Å². The summed E-state index contributed by atoms with van der Waals surface area (Å²) in [5.41, 5.74) is 1.20. The molecule has 0 unspecified atom stereocenters. The first-order chi connectivity index (χ1) is 16.0. The Hall–Kier alpha value is -4.11. The molecule has 0 amide bonds. The number of nitro groups is 1. The van der Waals surface area contributed by atoms with Gasteiger partial charge in [0.1, 0.15) is 5.75 Å². The van der Waals surface area contributed by atoms with Gasteiger partial charge < -0.3 is 9.47 Å². The summed E-state index contributed by atoms with van der Waals surface area (Å²) in [6, 6.07) is 24.5. The van der Waals surface area contributed by atoms with Gasteiger partial charge in [0.05, 0.1) is 26.1 Å². The lowest BCUT2D eigenvalue weighted by atomic mass is 10.3. The maximum Gasteiger partial charge on any atom is 0.350 e. The molecule has 4 aromatic rings. The first kappa shape index (κ1) is 22.1. The van der Waals surface area contributed by atoms with Gasteiger partial charge in [0.25, 0.3) is 5.69 Å². The number of esters is 1. The smallest absolute Gasteiger partial charge is 0.350 e. The van der Waals surface area contributed by atoms with Gasteiger partial charge in [-0.2, -0.15) is 9.78 Å². The lowest BCUT2D eigenvalue weighted by Crippen LogP contribution is -2.19. The van der Waals surface area contributed by atoms with Crippen molar-refractivity contribution in [2.24, 2.45) is 0 Å². The summed E-state index contributed by atoms with van der Waals surface area (Å²) in [6.45, 7) is 1.45. The molecule has 0 atom stereocenters. The third kappa shape index (κ3) is 5.21. The molecule has 0 radical (unpaired) electrons. The van der Waals surface area contributed by atoms with Crippen LogP contribution in [0.15, 0.2) is 94.7 Å². The van der Waals surface area contributed by atoms with Crippen molar-refractivity contribution in [1.82, 2.24) is 9.78 Å². The average Bonchev–Trinajstić information content (AvgIpc) is 3.14. The first-order valence-electron chi connectivity index (χ1n) is 9.98.